The monoisotopic (exact) mass is 626 g/mol. The third-order valence-electron chi connectivity index (χ3n) is 6.94. The average Bonchev–Trinajstić information content (AvgIpc) is 3.70. The van der Waals surface area contributed by atoms with E-state index in [4.69, 9.17) is 19.7 Å². The summed E-state index contributed by atoms with van der Waals surface area (Å²) < 4.78 is 31.7. The van der Waals surface area contributed by atoms with Crippen LogP contribution >= 0.6 is 7.75 Å². The zero-order valence-electron chi connectivity index (χ0n) is 24.0. The van der Waals surface area contributed by atoms with Crippen LogP contribution in [0.25, 0.3) is 11.0 Å². The summed E-state index contributed by atoms with van der Waals surface area (Å²) in [5, 5.41) is 16.7. The first-order valence-corrected chi connectivity index (χ1v) is 14.9. The van der Waals surface area contributed by atoms with Crippen molar-refractivity contribution in [2.75, 3.05) is 43.7 Å². The highest BCUT2D eigenvalue weighted by atomic mass is 31.2. The van der Waals surface area contributed by atoms with Crippen LogP contribution in [-0.4, -0.2) is 79.3 Å². The Kier molecular flexibility index (Phi) is 8.77. The van der Waals surface area contributed by atoms with Crippen molar-refractivity contribution in [3.05, 3.63) is 64.1 Å². The van der Waals surface area contributed by atoms with E-state index in [0.29, 0.717) is 5.56 Å². The fourth-order valence-electron chi connectivity index (χ4n) is 4.74. The molecule has 4 aromatic rings. The van der Waals surface area contributed by atoms with E-state index in [9.17, 15) is 24.2 Å². The van der Waals surface area contributed by atoms with Crippen LogP contribution in [0.4, 0.5) is 17.3 Å². The van der Waals surface area contributed by atoms with Gasteiger partial charge in [-0.15, -0.1) is 0 Å². The number of carbonyl (C=O) groups excluding carboxylic acids is 1. The number of aryl methyl sites for hydroxylation is 1. The van der Waals surface area contributed by atoms with Crippen LogP contribution in [0.5, 0.6) is 0 Å². The molecule has 0 aliphatic carbocycles. The van der Waals surface area contributed by atoms with E-state index in [2.05, 4.69) is 37.4 Å². The first-order chi connectivity index (χ1) is 21.0. The van der Waals surface area contributed by atoms with Crippen molar-refractivity contribution in [1.29, 1.82) is 0 Å². The third kappa shape index (κ3) is 6.32. The van der Waals surface area contributed by atoms with Gasteiger partial charge in [0.1, 0.15) is 18.2 Å². The Morgan fingerprint density at radius 3 is 2.68 bits per heavy atom. The number of nitrogens with two attached hydrogens (primary N) is 1. The summed E-state index contributed by atoms with van der Waals surface area (Å²) in [5.41, 5.74) is 7.43. The number of ether oxygens (including phenoxy) is 2. The molecule has 1 aliphatic heterocycles. The average molecular weight is 627 g/mol. The van der Waals surface area contributed by atoms with Gasteiger partial charge in [-0.05, 0) is 25.1 Å². The fraction of sp³-hybridized carbons (Fsp3) is 0.333. The second-order valence-electron chi connectivity index (χ2n) is 9.81. The van der Waals surface area contributed by atoms with Crippen LogP contribution in [-0.2, 0) is 18.6 Å². The molecule has 232 valence electrons. The largest absolute Gasteiger partial charge is 0.449 e. The van der Waals surface area contributed by atoms with Gasteiger partial charge in [0.2, 0.25) is 5.95 Å². The molecule has 44 heavy (non-hydrogen) atoms. The molecule has 0 bridgehead atoms. The predicted octanol–water partition coefficient (Wildman–Crippen LogP) is 1.42. The molecule has 4 heterocycles. The summed E-state index contributed by atoms with van der Waals surface area (Å²) in [6.45, 7) is 0.886. The van der Waals surface area contributed by atoms with E-state index in [1.807, 2.05) is 6.07 Å². The van der Waals surface area contributed by atoms with Crippen LogP contribution in [0.3, 0.4) is 0 Å². The molecular weight excluding hydrogens is 595 g/mol. The number of aromatic nitrogens is 5. The highest BCUT2D eigenvalue weighted by molar-refractivity contribution is 7.51. The maximum atomic E-state index is 12.8. The number of carbonyl (C=O) groups is 1. The number of fused-ring (bicyclic) bond motifs is 1. The highest BCUT2D eigenvalue weighted by Crippen LogP contribution is 2.45. The van der Waals surface area contributed by atoms with Gasteiger partial charge in [-0.2, -0.15) is 4.98 Å². The predicted molar refractivity (Wildman–Crippen MR) is 160 cm³/mol. The summed E-state index contributed by atoms with van der Waals surface area (Å²) in [6, 6.07) is 5.12. The van der Waals surface area contributed by atoms with Crippen LogP contribution in [0.1, 0.15) is 34.4 Å². The Morgan fingerprint density at radius 1 is 1.30 bits per heavy atom. The Labute approximate surface area is 250 Å². The van der Waals surface area contributed by atoms with Crippen molar-refractivity contribution < 1.29 is 33.4 Å². The van der Waals surface area contributed by atoms with Gasteiger partial charge in [-0.1, -0.05) is 11.8 Å². The van der Waals surface area contributed by atoms with Gasteiger partial charge >= 0.3 is 13.7 Å². The number of benzene rings is 1. The maximum Gasteiger partial charge on any atom is 0.437 e. The lowest BCUT2D eigenvalue weighted by Crippen LogP contribution is -2.26. The normalized spacial score (nSPS) is 19.2. The lowest BCUT2D eigenvalue weighted by atomic mass is 10.1. The molecule has 1 aliphatic rings. The molecule has 16 nitrogen and oxygen atoms in total. The lowest BCUT2D eigenvalue weighted by Gasteiger charge is -2.19. The second-order valence-corrected chi connectivity index (χ2v) is 11.5. The van der Waals surface area contributed by atoms with Crippen molar-refractivity contribution >= 4 is 42.1 Å². The van der Waals surface area contributed by atoms with E-state index in [1.165, 1.54) is 23.2 Å². The molecule has 1 saturated heterocycles. The van der Waals surface area contributed by atoms with Crippen molar-refractivity contribution in [1.82, 2.24) is 23.9 Å². The minimum absolute atomic E-state index is 0.0524. The van der Waals surface area contributed by atoms with Gasteiger partial charge in [0.25, 0.3) is 5.56 Å². The number of aromatic amines is 1. The van der Waals surface area contributed by atoms with Crippen molar-refractivity contribution in [3.8, 4) is 11.8 Å². The van der Waals surface area contributed by atoms with Gasteiger partial charge in [0.05, 0.1) is 29.2 Å². The summed E-state index contributed by atoms with van der Waals surface area (Å²) in [5.74, 6) is 5.14. The minimum atomic E-state index is -4.28. The molecule has 1 unspecified atom stereocenters. The zero-order valence-corrected chi connectivity index (χ0v) is 24.9. The van der Waals surface area contributed by atoms with Crippen molar-refractivity contribution in [3.63, 3.8) is 0 Å². The molecule has 0 amide bonds. The van der Waals surface area contributed by atoms with Gasteiger partial charge in [0, 0.05) is 50.5 Å². The number of imidazole rings is 1. The standard InChI is InChI=1S/C27H31N8O8P/c1-15-31-6-7-35(15)44(39,40)42-14-21-20(36)12-22(43-21)34-13-16(23-24(34)32-27(28)33-25(23)37)5-4-8-41-26(38)17-9-18(29-2)11-19(10-17)30-3/h6-7,9-11,13,20-22,29-30,36H,8,12,14H2,1-3H3,(H,39,40)(H3,28,32,33,37)/t20-,21-,22-/m1/s1. The third-order valence-corrected chi connectivity index (χ3v) is 8.39. The highest BCUT2D eigenvalue weighted by Gasteiger charge is 2.38. The number of H-pyrrole nitrogens is 1. The Hall–Kier alpha value is -4.65. The number of esters is 1. The molecule has 1 fully saturated rings. The smallest absolute Gasteiger partial charge is 0.437 e. The molecule has 7 N–H and O–H groups in total. The van der Waals surface area contributed by atoms with E-state index in [0.717, 1.165) is 15.7 Å². The van der Waals surface area contributed by atoms with Gasteiger partial charge in [-0.3, -0.25) is 14.3 Å². The first kappa shape index (κ1) is 30.8. The summed E-state index contributed by atoms with van der Waals surface area (Å²) in [6.07, 6.45) is 1.37. The molecule has 0 radical (unpaired) electrons. The molecule has 0 saturated carbocycles. The first-order valence-electron chi connectivity index (χ1n) is 13.4. The fourth-order valence-corrected chi connectivity index (χ4v) is 5.86. The van der Waals surface area contributed by atoms with E-state index >= 15 is 0 Å². The molecule has 0 spiro atoms. The molecule has 4 atom stereocenters. The van der Waals surface area contributed by atoms with Crippen LogP contribution in [0, 0.1) is 18.8 Å². The number of nitrogen functional groups attached to an aromatic ring is 1. The van der Waals surface area contributed by atoms with Crippen molar-refractivity contribution in [2.45, 2.75) is 31.8 Å². The summed E-state index contributed by atoms with van der Waals surface area (Å²) in [7, 11) is -0.814. The minimum Gasteiger partial charge on any atom is -0.449 e. The van der Waals surface area contributed by atoms with Gasteiger partial charge in [-0.25, -0.2) is 18.7 Å². The lowest BCUT2D eigenvalue weighted by molar-refractivity contribution is -0.0398. The maximum absolute atomic E-state index is 12.8. The van der Waals surface area contributed by atoms with Crippen molar-refractivity contribution in [2.24, 2.45) is 0 Å². The van der Waals surface area contributed by atoms with E-state index in [-0.39, 0.29) is 41.4 Å². The number of rotatable bonds is 9. The molecular formula is C27H31N8O8P. The van der Waals surface area contributed by atoms with Gasteiger partial charge in [0.15, 0.2) is 12.3 Å². The van der Waals surface area contributed by atoms with Crippen LogP contribution in [0.2, 0.25) is 0 Å². The summed E-state index contributed by atoms with van der Waals surface area (Å²) >= 11 is 0. The van der Waals surface area contributed by atoms with E-state index < -0.39 is 44.3 Å². The van der Waals surface area contributed by atoms with Crippen LogP contribution in [0.15, 0.2) is 41.6 Å². The SMILES string of the molecule is CNc1cc(NC)cc(C(=O)OCC#Cc2cn([C@H]3C[C@@H](O)[C@@H](COP(=O)(O)n4ccnc4C)O3)c3nc(N)[nH]c(=O)c23)c1. The summed E-state index contributed by atoms with van der Waals surface area (Å²) in [4.78, 5) is 46.4. The topological polar surface area (TPSA) is 221 Å². The van der Waals surface area contributed by atoms with Gasteiger partial charge < -0.3 is 40.4 Å². The Morgan fingerprint density at radius 2 is 2.02 bits per heavy atom. The molecule has 1 aromatic carbocycles. The number of aliphatic hydroxyl groups is 1. The molecule has 3 aromatic heterocycles. The number of nitrogens with one attached hydrogen (secondary N) is 3. The quantitative estimate of drug-likeness (QED) is 0.0880. The number of hydrogen-bond acceptors (Lipinski definition) is 12. The number of hydrogen-bond donors (Lipinski definition) is 6. The number of aliphatic hydroxyl groups excluding tert-OH is 1. The Bertz CT molecular complexity index is 1850. The number of nitrogens with zero attached hydrogens (tertiary/aromatic N) is 4. The molecule has 17 heteroatoms. The Balaban J connectivity index is 1.33. The van der Waals surface area contributed by atoms with Crippen LogP contribution < -0.4 is 21.9 Å². The second kappa shape index (κ2) is 12.5. The number of anilines is 3. The zero-order chi connectivity index (χ0) is 31.6. The van der Waals surface area contributed by atoms with E-state index in [1.54, 1.807) is 33.2 Å². The molecule has 5 rings (SSSR count).